The average Bonchev–Trinajstić information content (AvgIpc) is 2.39. The second-order valence-electron chi connectivity index (χ2n) is 5.44. The summed E-state index contributed by atoms with van der Waals surface area (Å²) in [5, 5.41) is 6.29. The number of hydrogen-bond donors (Lipinski definition) is 2. The van der Waals surface area contributed by atoms with Crippen molar-refractivity contribution in [1.82, 2.24) is 10.6 Å². The van der Waals surface area contributed by atoms with Gasteiger partial charge in [0.15, 0.2) is 0 Å². The lowest BCUT2D eigenvalue weighted by Crippen LogP contribution is -2.42. The van der Waals surface area contributed by atoms with Crippen LogP contribution in [0.1, 0.15) is 33.1 Å². The number of methoxy groups -OCH3 is 1. The van der Waals surface area contributed by atoms with Gasteiger partial charge in [0.2, 0.25) is 5.91 Å². The van der Waals surface area contributed by atoms with Crippen molar-refractivity contribution in [3.8, 4) is 0 Å². The van der Waals surface area contributed by atoms with Crippen LogP contribution in [0.2, 0.25) is 0 Å². The molecule has 0 aromatic heterocycles. The fraction of sp³-hybridized carbons (Fsp3) is 0.929. The molecule has 0 spiro atoms. The summed E-state index contributed by atoms with van der Waals surface area (Å²) in [6, 6.07) is 0.0800. The molecule has 1 atom stereocenters. The van der Waals surface area contributed by atoms with Gasteiger partial charge in [0.25, 0.3) is 0 Å². The molecule has 0 aliphatic carbocycles. The Balaban J connectivity index is 2.15. The molecule has 112 valence electrons. The first-order chi connectivity index (χ1) is 9.13. The Hall–Kier alpha value is -0.650. The van der Waals surface area contributed by atoms with E-state index in [2.05, 4.69) is 24.5 Å². The van der Waals surface area contributed by atoms with Gasteiger partial charge in [-0.1, -0.05) is 13.8 Å². The lowest BCUT2D eigenvalue weighted by molar-refractivity contribution is -0.124. The quantitative estimate of drug-likeness (QED) is 0.690. The van der Waals surface area contributed by atoms with E-state index in [-0.39, 0.29) is 11.9 Å². The van der Waals surface area contributed by atoms with E-state index in [1.54, 1.807) is 7.11 Å². The molecular formula is C14H28N2O3. The van der Waals surface area contributed by atoms with Crippen molar-refractivity contribution < 1.29 is 14.3 Å². The molecule has 1 unspecified atom stereocenters. The van der Waals surface area contributed by atoms with Gasteiger partial charge in [-0.05, 0) is 31.8 Å². The molecule has 2 N–H and O–H groups in total. The van der Waals surface area contributed by atoms with Crippen LogP contribution < -0.4 is 10.6 Å². The minimum absolute atomic E-state index is 0.0460. The Morgan fingerprint density at radius 1 is 1.37 bits per heavy atom. The summed E-state index contributed by atoms with van der Waals surface area (Å²) in [4.78, 5) is 11.8. The number of ether oxygens (including phenoxy) is 2. The predicted molar refractivity (Wildman–Crippen MR) is 75.1 cm³/mol. The van der Waals surface area contributed by atoms with Crippen molar-refractivity contribution in [1.29, 1.82) is 0 Å². The van der Waals surface area contributed by atoms with Gasteiger partial charge in [-0.2, -0.15) is 0 Å². The Bertz CT molecular complexity index is 253. The van der Waals surface area contributed by atoms with Crippen molar-refractivity contribution in [2.75, 3.05) is 33.4 Å². The first kappa shape index (κ1) is 16.4. The summed E-state index contributed by atoms with van der Waals surface area (Å²) in [6.45, 7) is 7.25. The van der Waals surface area contributed by atoms with Crippen LogP contribution in [0.5, 0.6) is 0 Å². The summed E-state index contributed by atoms with van der Waals surface area (Å²) in [7, 11) is 1.65. The number of hydrogen-bond acceptors (Lipinski definition) is 4. The molecule has 0 aromatic carbocycles. The molecule has 5 nitrogen and oxygen atoms in total. The van der Waals surface area contributed by atoms with Gasteiger partial charge in [-0.15, -0.1) is 0 Å². The van der Waals surface area contributed by atoms with Crippen molar-refractivity contribution in [2.45, 2.75) is 45.3 Å². The van der Waals surface area contributed by atoms with Crippen molar-refractivity contribution >= 4 is 5.91 Å². The zero-order chi connectivity index (χ0) is 14.1. The molecule has 0 bridgehead atoms. The number of nitrogens with one attached hydrogen (secondary N) is 2. The highest BCUT2D eigenvalue weighted by Crippen LogP contribution is 2.07. The molecule has 1 fully saturated rings. The first-order valence-corrected chi connectivity index (χ1v) is 7.24. The van der Waals surface area contributed by atoms with Crippen LogP contribution in [0.15, 0.2) is 0 Å². The topological polar surface area (TPSA) is 59.6 Å². The zero-order valence-electron chi connectivity index (χ0n) is 12.4. The molecule has 1 rings (SSSR count). The highest BCUT2D eigenvalue weighted by Gasteiger charge is 2.17. The third kappa shape index (κ3) is 6.89. The Morgan fingerprint density at radius 2 is 2.05 bits per heavy atom. The maximum atomic E-state index is 11.8. The van der Waals surface area contributed by atoms with Gasteiger partial charge in [0, 0.05) is 13.5 Å². The summed E-state index contributed by atoms with van der Waals surface area (Å²) in [5.74, 6) is 0.416. The van der Waals surface area contributed by atoms with Crippen LogP contribution in [0.3, 0.4) is 0 Å². The van der Waals surface area contributed by atoms with E-state index in [1.807, 2.05) is 0 Å². The van der Waals surface area contributed by atoms with Gasteiger partial charge >= 0.3 is 0 Å². The summed E-state index contributed by atoms with van der Waals surface area (Å²) in [6.07, 6.45) is 2.82. The van der Waals surface area contributed by atoms with Crippen molar-refractivity contribution in [2.24, 2.45) is 5.92 Å². The van der Waals surface area contributed by atoms with E-state index < -0.39 is 0 Å². The molecule has 0 radical (unpaired) electrons. The number of carbonyl (C=O) groups excluding carboxylic acids is 1. The van der Waals surface area contributed by atoms with E-state index in [1.165, 1.54) is 0 Å². The van der Waals surface area contributed by atoms with Crippen molar-refractivity contribution in [3.05, 3.63) is 0 Å². The molecule has 1 amide bonds. The number of piperidine rings is 1. The fourth-order valence-corrected chi connectivity index (χ4v) is 2.14. The Labute approximate surface area is 116 Å². The third-order valence-corrected chi connectivity index (χ3v) is 3.47. The van der Waals surface area contributed by atoms with Crippen LogP contribution in [0.4, 0.5) is 0 Å². The summed E-state index contributed by atoms with van der Waals surface area (Å²) in [5.41, 5.74) is 0. The minimum atomic E-state index is 0.0460. The summed E-state index contributed by atoms with van der Waals surface area (Å²) >= 11 is 0. The van der Waals surface area contributed by atoms with Gasteiger partial charge in [-0.25, -0.2) is 0 Å². The van der Waals surface area contributed by atoms with E-state index in [9.17, 15) is 4.79 Å². The van der Waals surface area contributed by atoms with Crippen LogP contribution in [-0.2, 0) is 14.3 Å². The second-order valence-corrected chi connectivity index (χ2v) is 5.44. The van der Waals surface area contributed by atoms with E-state index in [0.717, 1.165) is 25.9 Å². The SMILES string of the molecule is COCC(NC(=O)CCOC1CCNCC1)C(C)C. The smallest absolute Gasteiger partial charge is 0.222 e. The minimum Gasteiger partial charge on any atom is -0.383 e. The lowest BCUT2D eigenvalue weighted by atomic mass is 10.1. The van der Waals surface area contributed by atoms with Crippen LogP contribution in [0, 0.1) is 5.92 Å². The fourth-order valence-electron chi connectivity index (χ4n) is 2.14. The maximum absolute atomic E-state index is 11.8. The molecule has 1 saturated heterocycles. The highest BCUT2D eigenvalue weighted by atomic mass is 16.5. The van der Waals surface area contributed by atoms with Gasteiger partial charge in [-0.3, -0.25) is 4.79 Å². The van der Waals surface area contributed by atoms with Gasteiger partial charge < -0.3 is 20.1 Å². The zero-order valence-corrected chi connectivity index (χ0v) is 12.4. The third-order valence-electron chi connectivity index (χ3n) is 3.47. The van der Waals surface area contributed by atoms with Gasteiger partial charge in [0.05, 0.1) is 25.4 Å². The van der Waals surface area contributed by atoms with E-state index >= 15 is 0 Å². The van der Waals surface area contributed by atoms with E-state index in [0.29, 0.717) is 31.7 Å². The Morgan fingerprint density at radius 3 is 2.63 bits per heavy atom. The maximum Gasteiger partial charge on any atom is 0.222 e. The van der Waals surface area contributed by atoms with Crippen LogP contribution in [-0.4, -0.2) is 51.5 Å². The predicted octanol–water partition coefficient (Wildman–Crippen LogP) is 0.932. The first-order valence-electron chi connectivity index (χ1n) is 7.24. The number of rotatable bonds is 8. The van der Waals surface area contributed by atoms with Crippen molar-refractivity contribution in [3.63, 3.8) is 0 Å². The van der Waals surface area contributed by atoms with Crippen LogP contribution >= 0.6 is 0 Å². The Kier molecular flexibility index (Phi) is 8.02. The standard InChI is InChI=1S/C14H28N2O3/c1-11(2)13(10-18-3)16-14(17)6-9-19-12-4-7-15-8-5-12/h11-13,15H,4-10H2,1-3H3,(H,16,17). The van der Waals surface area contributed by atoms with E-state index in [4.69, 9.17) is 9.47 Å². The van der Waals surface area contributed by atoms with Crippen LogP contribution in [0.25, 0.3) is 0 Å². The largest absolute Gasteiger partial charge is 0.383 e. The highest BCUT2D eigenvalue weighted by molar-refractivity contribution is 5.76. The molecule has 1 heterocycles. The monoisotopic (exact) mass is 272 g/mol. The molecule has 0 saturated carbocycles. The molecule has 19 heavy (non-hydrogen) atoms. The second kappa shape index (κ2) is 9.28. The number of amides is 1. The molecule has 0 aromatic rings. The molecule has 1 aliphatic rings. The summed E-state index contributed by atoms with van der Waals surface area (Å²) < 4.78 is 10.8. The molecule has 1 aliphatic heterocycles. The average molecular weight is 272 g/mol. The normalized spacial score (nSPS) is 18.5. The lowest BCUT2D eigenvalue weighted by Gasteiger charge is -2.24. The molecule has 5 heteroatoms. The van der Waals surface area contributed by atoms with Gasteiger partial charge in [0.1, 0.15) is 0 Å². The molecular weight excluding hydrogens is 244 g/mol. The number of carbonyl (C=O) groups is 1.